The highest BCUT2D eigenvalue weighted by molar-refractivity contribution is 7.15. The van der Waals surface area contributed by atoms with E-state index in [0.29, 0.717) is 17.9 Å². The Bertz CT molecular complexity index is 414. The Balaban J connectivity index is 2.90. The maximum atomic E-state index is 4.95. The zero-order valence-corrected chi connectivity index (χ0v) is 15.7. The van der Waals surface area contributed by atoms with Crippen molar-refractivity contribution in [1.82, 2.24) is 10.3 Å². The van der Waals surface area contributed by atoms with Gasteiger partial charge in [0.05, 0.1) is 5.69 Å². The van der Waals surface area contributed by atoms with Crippen molar-refractivity contribution in [2.24, 2.45) is 5.92 Å². The van der Waals surface area contributed by atoms with E-state index in [-0.39, 0.29) is 0 Å². The Morgan fingerprint density at radius 2 is 1.81 bits per heavy atom. The summed E-state index contributed by atoms with van der Waals surface area (Å²) < 4.78 is 0. The molecule has 4 heteroatoms. The zero-order chi connectivity index (χ0) is 16.0. The first-order valence-electron chi connectivity index (χ1n) is 8.33. The van der Waals surface area contributed by atoms with Crippen LogP contribution in [0.1, 0.15) is 70.9 Å². The summed E-state index contributed by atoms with van der Waals surface area (Å²) in [6.45, 7) is 15.5. The second-order valence-corrected chi connectivity index (χ2v) is 7.57. The third-order valence-electron chi connectivity index (χ3n) is 4.19. The third-order valence-corrected chi connectivity index (χ3v) is 5.35. The summed E-state index contributed by atoms with van der Waals surface area (Å²) in [6, 6.07) is 0.539. The molecule has 1 aromatic rings. The van der Waals surface area contributed by atoms with Gasteiger partial charge in [-0.2, -0.15) is 0 Å². The van der Waals surface area contributed by atoms with Crippen molar-refractivity contribution in [1.29, 1.82) is 0 Å². The van der Waals surface area contributed by atoms with Gasteiger partial charge in [0.15, 0.2) is 5.13 Å². The average molecular weight is 312 g/mol. The van der Waals surface area contributed by atoms with Crippen molar-refractivity contribution in [2.45, 2.75) is 72.9 Å². The fourth-order valence-electron chi connectivity index (χ4n) is 2.14. The Labute approximate surface area is 135 Å². The van der Waals surface area contributed by atoms with Gasteiger partial charge in [-0.1, -0.05) is 34.6 Å². The van der Waals surface area contributed by atoms with Crippen LogP contribution in [0.15, 0.2) is 0 Å². The summed E-state index contributed by atoms with van der Waals surface area (Å²) in [4.78, 5) is 8.69. The molecule has 0 spiro atoms. The van der Waals surface area contributed by atoms with Gasteiger partial charge in [-0.25, -0.2) is 4.98 Å². The normalized spacial score (nSPS) is 14.5. The van der Waals surface area contributed by atoms with Crippen LogP contribution < -0.4 is 10.2 Å². The molecule has 0 radical (unpaired) electrons. The molecule has 0 aromatic carbocycles. The molecule has 1 N–H and O–H groups in total. The molecule has 0 saturated carbocycles. The van der Waals surface area contributed by atoms with Crippen LogP contribution >= 0.6 is 11.3 Å². The summed E-state index contributed by atoms with van der Waals surface area (Å²) in [7, 11) is 2.17. The van der Waals surface area contributed by atoms with Crippen LogP contribution in [0.4, 0.5) is 5.13 Å². The largest absolute Gasteiger partial charge is 0.348 e. The van der Waals surface area contributed by atoms with E-state index < -0.39 is 0 Å². The molecule has 0 amide bonds. The van der Waals surface area contributed by atoms with Crippen molar-refractivity contribution >= 4 is 16.5 Å². The Kier molecular flexibility index (Phi) is 7.67. The Hall–Kier alpha value is -0.610. The van der Waals surface area contributed by atoms with E-state index >= 15 is 0 Å². The average Bonchev–Trinajstić information content (AvgIpc) is 2.88. The van der Waals surface area contributed by atoms with Crippen molar-refractivity contribution in [3.8, 4) is 0 Å². The van der Waals surface area contributed by atoms with Crippen molar-refractivity contribution in [3.63, 3.8) is 0 Å². The first kappa shape index (κ1) is 18.4. The molecule has 2 unspecified atom stereocenters. The highest BCUT2D eigenvalue weighted by Gasteiger charge is 2.19. The number of nitrogens with zero attached hydrogens (tertiary/aromatic N) is 2. The van der Waals surface area contributed by atoms with Crippen LogP contribution in [-0.4, -0.2) is 24.6 Å². The molecule has 0 aliphatic carbocycles. The fourth-order valence-corrected chi connectivity index (χ4v) is 3.36. The predicted molar refractivity (Wildman–Crippen MR) is 95.5 cm³/mol. The summed E-state index contributed by atoms with van der Waals surface area (Å²) >= 11 is 1.86. The highest BCUT2D eigenvalue weighted by atomic mass is 32.1. The second kappa shape index (κ2) is 8.74. The van der Waals surface area contributed by atoms with Gasteiger partial charge in [-0.15, -0.1) is 11.3 Å². The monoisotopic (exact) mass is 311 g/mol. The van der Waals surface area contributed by atoms with Gasteiger partial charge < -0.3 is 10.2 Å². The first-order chi connectivity index (χ1) is 9.90. The standard InChI is InChI=1S/C17H33N3S/c1-8-13(5)16-15(11-18-10-12(3)4)21-17(19-16)20(7)14(6)9-2/h12-14,18H,8-11H2,1-7H3. The van der Waals surface area contributed by atoms with Gasteiger partial charge >= 0.3 is 0 Å². The van der Waals surface area contributed by atoms with E-state index in [9.17, 15) is 0 Å². The molecule has 1 heterocycles. The summed E-state index contributed by atoms with van der Waals surface area (Å²) in [5.74, 6) is 1.23. The lowest BCUT2D eigenvalue weighted by atomic mass is 10.0. The number of thiazole rings is 1. The molecule has 1 rings (SSSR count). The van der Waals surface area contributed by atoms with Crippen LogP contribution in [0.3, 0.4) is 0 Å². The van der Waals surface area contributed by atoms with Crippen molar-refractivity contribution < 1.29 is 0 Å². The number of hydrogen-bond acceptors (Lipinski definition) is 4. The van der Waals surface area contributed by atoms with E-state index in [4.69, 9.17) is 4.98 Å². The molecule has 0 aliphatic rings. The molecule has 0 aliphatic heterocycles. The first-order valence-corrected chi connectivity index (χ1v) is 9.15. The minimum absolute atomic E-state index is 0.538. The van der Waals surface area contributed by atoms with Gasteiger partial charge in [-0.05, 0) is 38.1 Å². The van der Waals surface area contributed by atoms with Gasteiger partial charge in [0.1, 0.15) is 0 Å². The molecule has 0 saturated heterocycles. The maximum Gasteiger partial charge on any atom is 0.185 e. The molecule has 21 heavy (non-hydrogen) atoms. The summed E-state index contributed by atoms with van der Waals surface area (Å²) in [6.07, 6.45) is 2.29. The van der Waals surface area contributed by atoms with E-state index in [1.54, 1.807) is 0 Å². The van der Waals surface area contributed by atoms with E-state index in [0.717, 1.165) is 25.9 Å². The molecule has 0 bridgehead atoms. The zero-order valence-electron chi connectivity index (χ0n) is 14.9. The topological polar surface area (TPSA) is 28.2 Å². The highest BCUT2D eigenvalue weighted by Crippen LogP contribution is 2.32. The molecular formula is C17H33N3S. The molecule has 1 aromatic heterocycles. The maximum absolute atomic E-state index is 4.95. The fraction of sp³-hybridized carbons (Fsp3) is 0.824. The van der Waals surface area contributed by atoms with Crippen LogP contribution in [0.25, 0.3) is 0 Å². The SMILES string of the molecule is CCC(C)c1nc(N(C)C(C)CC)sc1CNCC(C)C. The number of aromatic nitrogens is 1. The second-order valence-electron chi connectivity index (χ2n) is 6.51. The lowest BCUT2D eigenvalue weighted by Crippen LogP contribution is -2.27. The lowest BCUT2D eigenvalue weighted by Gasteiger charge is -2.22. The van der Waals surface area contributed by atoms with Crippen LogP contribution in [-0.2, 0) is 6.54 Å². The van der Waals surface area contributed by atoms with Crippen LogP contribution in [0.2, 0.25) is 0 Å². The number of hydrogen-bond donors (Lipinski definition) is 1. The molecule has 2 atom stereocenters. The van der Waals surface area contributed by atoms with Gasteiger partial charge in [0.25, 0.3) is 0 Å². The van der Waals surface area contributed by atoms with E-state index in [2.05, 4.69) is 58.8 Å². The predicted octanol–water partition coefficient (Wildman–Crippen LogP) is 4.64. The summed E-state index contributed by atoms with van der Waals surface area (Å²) in [5.41, 5.74) is 1.30. The summed E-state index contributed by atoms with van der Waals surface area (Å²) in [5, 5.41) is 4.74. The van der Waals surface area contributed by atoms with Gasteiger partial charge in [0, 0.05) is 24.5 Å². The third kappa shape index (κ3) is 5.26. The molecule has 3 nitrogen and oxygen atoms in total. The lowest BCUT2D eigenvalue weighted by molar-refractivity contribution is 0.551. The smallest absolute Gasteiger partial charge is 0.185 e. The molecular weight excluding hydrogens is 278 g/mol. The minimum Gasteiger partial charge on any atom is -0.348 e. The molecule has 122 valence electrons. The van der Waals surface area contributed by atoms with Crippen LogP contribution in [0, 0.1) is 5.92 Å². The number of nitrogens with one attached hydrogen (secondary N) is 1. The van der Waals surface area contributed by atoms with Gasteiger partial charge in [0.2, 0.25) is 0 Å². The van der Waals surface area contributed by atoms with Crippen molar-refractivity contribution in [2.75, 3.05) is 18.5 Å². The van der Waals surface area contributed by atoms with E-state index in [1.165, 1.54) is 15.7 Å². The Morgan fingerprint density at radius 1 is 1.14 bits per heavy atom. The number of rotatable bonds is 9. The Morgan fingerprint density at radius 3 is 2.33 bits per heavy atom. The quantitative estimate of drug-likeness (QED) is 0.720. The van der Waals surface area contributed by atoms with Crippen LogP contribution in [0.5, 0.6) is 0 Å². The molecule has 0 fully saturated rings. The number of anilines is 1. The van der Waals surface area contributed by atoms with Crippen molar-refractivity contribution in [3.05, 3.63) is 10.6 Å². The minimum atomic E-state index is 0.538. The van der Waals surface area contributed by atoms with Gasteiger partial charge in [-0.3, -0.25) is 0 Å². The van der Waals surface area contributed by atoms with E-state index in [1.807, 2.05) is 11.3 Å².